The first-order chi connectivity index (χ1) is 7.60. The van der Waals surface area contributed by atoms with Crippen LogP contribution in [0.25, 0.3) is 11.2 Å². The zero-order chi connectivity index (χ0) is 11.9. The molecule has 0 saturated heterocycles. The van der Waals surface area contributed by atoms with Crippen LogP contribution in [0.5, 0.6) is 0 Å². The maximum Gasteiger partial charge on any atom is 0.329 e. The van der Waals surface area contributed by atoms with Gasteiger partial charge in [-0.25, -0.2) is 4.79 Å². The molecule has 0 aliphatic heterocycles. The second-order valence-corrected chi connectivity index (χ2v) is 3.42. The van der Waals surface area contributed by atoms with Gasteiger partial charge in [0, 0.05) is 20.6 Å². The van der Waals surface area contributed by atoms with Gasteiger partial charge >= 0.3 is 5.69 Å². The molecule has 0 aliphatic rings. The van der Waals surface area contributed by atoms with Crippen molar-refractivity contribution in [3.63, 3.8) is 0 Å². The number of anilines is 1. The van der Waals surface area contributed by atoms with Crippen molar-refractivity contribution in [2.24, 2.45) is 7.05 Å². The predicted octanol–water partition coefficient (Wildman–Crippen LogP) is -0.515. The van der Waals surface area contributed by atoms with Gasteiger partial charge in [0.15, 0.2) is 11.2 Å². The number of fused-ring (bicyclic) bond motifs is 1. The van der Waals surface area contributed by atoms with Gasteiger partial charge in [0.25, 0.3) is 5.56 Å². The molecule has 86 valence electrons. The number of H-pyrrole nitrogens is 1. The normalized spacial score (nSPS) is 10.9. The first-order valence-electron chi connectivity index (χ1n) is 4.97. The summed E-state index contributed by atoms with van der Waals surface area (Å²) in [6.07, 6.45) is 0. The first-order valence-corrected chi connectivity index (χ1v) is 4.97. The van der Waals surface area contributed by atoms with E-state index < -0.39 is 11.2 Å². The number of hydrogen-bond donors (Lipinski definition) is 2. The maximum absolute atomic E-state index is 11.7. The Morgan fingerprint density at radius 1 is 1.44 bits per heavy atom. The minimum absolute atomic E-state index is 0.389. The van der Waals surface area contributed by atoms with Crippen LogP contribution < -0.4 is 16.6 Å². The minimum Gasteiger partial charge on any atom is -0.359 e. The second kappa shape index (κ2) is 3.51. The lowest BCUT2D eigenvalue weighted by atomic mass is 10.5. The van der Waals surface area contributed by atoms with Crippen molar-refractivity contribution in [2.75, 3.05) is 12.4 Å². The number of nitrogens with zero attached hydrogens (tertiary/aromatic N) is 3. The Kier molecular flexibility index (Phi) is 2.30. The standard InChI is InChI=1S/C9H13N5O2/c1-4-14-5-6(11-8(14)10-2)13(3)9(16)12-7(5)15/h4H2,1-3H3,(H,10,11)(H,12,15,16). The number of aryl methyl sites for hydroxylation is 2. The van der Waals surface area contributed by atoms with Gasteiger partial charge in [0.05, 0.1) is 0 Å². The third-order valence-electron chi connectivity index (χ3n) is 2.55. The summed E-state index contributed by atoms with van der Waals surface area (Å²) < 4.78 is 3.05. The summed E-state index contributed by atoms with van der Waals surface area (Å²) in [5.41, 5.74) is -0.0660. The van der Waals surface area contributed by atoms with Gasteiger partial charge < -0.3 is 9.88 Å². The predicted molar refractivity (Wildman–Crippen MR) is 60.8 cm³/mol. The average Bonchev–Trinajstić information content (AvgIpc) is 2.64. The van der Waals surface area contributed by atoms with Crippen molar-refractivity contribution in [3.05, 3.63) is 20.8 Å². The van der Waals surface area contributed by atoms with Gasteiger partial charge in [-0.3, -0.25) is 14.3 Å². The third-order valence-corrected chi connectivity index (χ3v) is 2.55. The molecule has 0 unspecified atom stereocenters. The third kappa shape index (κ3) is 1.24. The van der Waals surface area contributed by atoms with Crippen molar-refractivity contribution >= 4 is 17.1 Å². The summed E-state index contributed by atoms with van der Waals surface area (Å²) in [5.74, 6) is 0.573. The SMILES string of the molecule is CCn1c(NC)nc2c1c(=O)[nH]c(=O)n2C. The van der Waals surface area contributed by atoms with Crippen LogP contribution in [0, 0.1) is 0 Å². The molecular weight excluding hydrogens is 210 g/mol. The highest BCUT2D eigenvalue weighted by Crippen LogP contribution is 2.13. The van der Waals surface area contributed by atoms with Crippen LogP contribution in [0.4, 0.5) is 5.95 Å². The molecule has 0 aromatic carbocycles. The van der Waals surface area contributed by atoms with Crippen LogP contribution in [-0.2, 0) is 13.6 Å². The Bertz CT molecular complexity index is 648. The van der Waals surface area contributed by atoms with E-state index in [1.165, 1.54) is 4.57 Å². The molecule has 0 bridgehead atoms. The van der Waals surface area contributed by atoms with E-state index in [0.717, 1.165) is 0 Å². The fourth-order valence-corrected chi connectivity index (χ4v) is 1.73. The smallest absolute Gasteiger partial charge is 0.329 e. The van der Waals surface area contributed by atoms with Crippen molar-refractivity contribution in [3.8, 4) is 0 Å². The molecule has 0 radical (unpaired) electrons. The zero-order valence-electron chi connectivity index (χ0n) is 9.37. The lowest BCUT2D eigenvalue weighted by Gasteiger charge is -2.03. The van der Waals surface area contributed by atoms with Gasteiger partial charge in [-0.1, -0.05) is 0 Å². The fraction of sp³-hybridized carbons (Fsp3) is 0.444. The quantitative estimate of drug-likeness (QED) is 0.717. The van der Waals surface area contributed by atoms with Crippen molar-refractivity contribution in [1.82, 2.24) is 19.1 Å². The maximum atomic E-state index is 11.7. The largest absolute Gasteiger partial charge is 0.359 e. The summed E-state index contributed by atoms with van der Waals surface area (Å²) in [7, 11) is 3.30. The lowest BCUT2D eigenvalue weighted by Crippen LogP contribution is -2.29. The van der Waals surface area contributed by atoms with Gasteiger partial charge in [-0.05, 0) is 6.92 Å². The number of imidazole rings is 1. The van der Waals surface area contributed by atoms with E-state index in [9.17, 15) is 9.59 Å². The molecular formula is C9H13N5O2. The molecule has 0 fully saturated rings. The van der Waals surface area contributed by atoms with Crippen LogP contribution in [0.1, 0.15) is 6.92 Å². The van der Waals surface area contributed by atoms with Crippen LogP contribution >= 0.6 is 0 Å². The average molecular weight is 223 g/mol. The molecule has 7 heteroatoms. The molecule has 0 amide bonds. The molecule has 0 atom stereocenters. The lowest BCUT2D eigenvalue weighted by molar-refractivity contribution is 0.783. The first kappa shape index (κ1) is 10.5. The van der Waals surface area contributed by atoms with Crippen molar-refractivity contribution in [2.45, 2.75) is 13.5 Å². The highest BCUT2D eigenvalue weighted by molar-refractivity contribution is 5.73. The highest BCUT2D eigenvalue weighted by atomic mass is 16.2. The van der Waals surface area contributed by atoms with Crippen molar-refractivity contribution in [1.29, 1.82) is 0 Å². The molecule has 2 aromatic rings. The zero-order valence-corrected chi connectivity index (χ0v) is 9.37. The van der Waals surface area contributed by atoms with Gasteiger partial charge in [-0.15, -0.1) is 0 Å². The summed E-state index contributed by atoms with van der Waals surface area (Å²) in [5, 5.41) is 2.89. The number of aromatic nitrogens is 4. The summed E-state index contributed by atoms with van der Waals surface area (Å²) in [6, 6.07) is 0. The molecule has 2 N–H and O–H groups in total. The highest BCUT2D eigenvalue weighted by Gasteiger charge is 2.14. The molecule has 2 aromatic heterocycles. The number of aromatic amines is 1. The molecule has 2 rings (SSSR count). The second-order valence-electron chi connectivity index (χ2n) is 3.42. The van der Waals surface area contributed by atoms with E-state index in [0.29, 0.717) is 23.7 Å². The Labute approximate surface area is 90.7 Å². The van der Waals surface area contributed by atoms with Gasteiger partial charge in [0.1, 0.15) is 0 Å². The van der Waals surface area contributed by atoms with E-state index in [2.05, 4.69) is 15.3 Å². The summed E-state index contributed by atoms with van der Waals surface area (Å²) in [6.45, 7) is 2.51. The van der Waals surface area contributed by atoms with E-state index in [1.54, 1.807) is 18.7 Å². The van der Waals surface area contributed by atoms with Gasteiger partial charge in [0.2, 0.25) is 5.95 Å². The Balaban J connectivity index is 3.03. The molecule has 0 spiro atoms. The van der Waals surface area contributed by atoms with Crippen LogP contribution in [0.15, 0.2) is 9.59 Å². The molecule has 2 heterocycles. The Morgan fingerprint density at radius 2 is 2.12 bits per heavy atom. The number of nitrogens with one attached hydrogen (secondary N) is 2. The summed E-state index contributed by atoms with van der Waals surface area (Å²) >= 11 is 0. The fourth-order valence-electron chi connectivity index (χ4n) is 1.73. The Morgan fingerprint density at radius 3 is 2.69 bits per heavy atom. The van der Waals surface area contributed by atoms with Gasteiger partial charge in [-0.2, -0.15) is 4.98 Å². The van der Waals surface area contributed by atoms with E-state index >= 15 is 0 Å². The molecule has 0 aliphatic carbocycles. The van der Waals surface area contributed by atoms with E-state index in [4.69, 9.17) is 0 Å². The Hall–Kier alpha value is -2.05. The minimum atomic E-state index is -0.457. The molecule has 0 saturated carbocycles. The summed E-state index contributed by atoms with van der Waals surface area (Å²) in [4.78, 5) is 29.6. The molecule has 16 heavy (non-hydrogen) atoms. The molecule has 7 nitrogen and oxygen atoms in total. The van der Waals surface area contributed by atoms with E-state index in [-0.39, 0.29) is 0 Å². The topological polar surface area (TPSA) is 84.7 Å². The van der Waals surface area contributed by atoms with Crippen LogP contribution in [0.2, 0.25) is 0 Å². The monoisotopic (exact) mass is 223 g/mol. The van der Waals surface area contributed by atoms with Crippen LogP contribution in [-0.4, -0.2) is 26.1 Å². The number of rotatable bonds is 2. The van der Waals surface area contributed by atoms with Crippen LogP contribution in [0.3, 0.4) is 0 Å². The number of hydrogen-bond acceptors (Lipinski definition) is 4. The van der Waals surface area contributed by atoms with Crippen molar-refractivity contribution < 1.29 is 0 Å². The van der Waals surface area contributed by atoms with E-state index in [1.807, 2.05) is 6.92 Å².